The molecule has 1 N–H and O–H groups in total. The van der Waals surface area contributed by atoms with Crippen molar-refractivity contribution in [2.45, 2.75) is 6.10 Å². The van der Waals surface area contributed by atoms with E-state index in [0.717, 1.165) is 0 Å². The van der Waals surface area contributed by atoms with Gasteiger partial charge in [0, 0.05) is 5.33 Å². The van der Waals surface area contributed by atoms with Gasteiger partial charge in [0.05, 0.1) is 19.3 Å². The molecule has 0 heterocycles. The van der Waals surface area contributed by atoms with Crippen LogP contribution in [-0.4, -0.2) is 29.8 Å². The van der Waals surface area contributed by atoms with E-state index in [4.69, 9.17) is 9.84 Å². The maximum Gasteiger partial charge on any atom is 0.0906 e. The van der Waals surface area contributed by atoms with Crippen molar-refractivity contribution in [3.63, 3.8) is 0 Å². The minimum atomic E-state index is -0.0944. The van der Waals surface area contributed by atoms with Crippen LogP contribution >= 0.6 is 15.9 Å². The molecule has 0 rings (SSSR count). The van der Waals surface area contributed by atoms with Crippen LogP contribution in [0, 0.1) is 0 Å². The Morgan fingerprint density at radius 3 is 2.78 bits per heavy atom. The largest absolute Gasteiger partial charge is 0.394 e. The molecule has 0 spiro atoms. The average molecular weight is 195 g/mol. The number of aliphatic hydroxyl groups excluding tert-OH is 1. The van der Waals surface area contributed by atoms with Crippen molar-refractivity contribution in [2.24, 2.45) is 0 Å². The van der Waals surface area contributed by atoms with Crippen LogP contribution in [0.25, 0.3) is 0 Å². The molecule has 9 heavy (non-hydrogen) atoms. The summed E-state index contributed by atoms with van der Waals surface area (Å²) in [7, 11) is 0. The Labute approximate surface area is 63.6 Å². The Morgan fingerprint density at radius 2 is 2.44 bits per heavy atom. The second-order valence-electron chi connectivity index (χ2n) is 1.58. The number of halogens is 1. The lowest BCUT2D eigenvalue weighted by atomic mass is 10.4. The minimum Gasteiger partial charge on any atom is -0.394 e. The molecular formula is C6H11BrO2. The van der Waals surface area contributed by atoms with E-state index in [1.54, 1.807) is 6.08 Å². The lowest BCUT2D eigenvalue weighted by molar-refractivity contribution is 0.0452. The third-order valence-electron chi connectivity index (χ3n) is 0.826. The zero-order valence-electron chi connectivity index (χ0n) is 5.22. The van der Waals surface area contributed by atoms with Gasteiger partial charge in [-0.15, -0.1) is 6.58 Å². The molecule has 3 heteroatoms. The quantitative estimate of drug-likeness (QED) is 0.522. The van der Waals surface area contributed by atoms with E-state index in [1.165, 1.54) is 0 Å². The highest BCUT2D eigenvalue weighted by Crippen LogP contribution is 1.95. The Bertz CT molecular complexity index is 71.5. The fraction of sp³-hybridized carbons (Fsp3) is 0.667. The van der Waals surface area contributed by atoms with E-state index in [0.29, 0.717) is 11.9 Å². The van der Waals surface area contributed by atoms with E-state index in [9.17, 15) is 0 Å². The van der Waals surface area contributed by atoms with Crippen molar-refractivity contribution in [1.82, 2.24) is 0 Å². The normalized spacial score (nSPS) is 13.1. The summed E-state index contributed by atoms with van der Waals surface area (Å²) in [6.07, 6.45) is 1.56. The van der Waals surface area contributed by atoms with Crippen molar-refractivity contribution >= 4 is 15.9 Å². The molecule has 0 saturated carbocycles. The van der Waals surface area contributed by atoms with Gasteiger partial charge in [0.1, 0.15) is 0 Å². The monoisotopic (exact) mass is 194 g/mol. The molecule has 54 valence electrons. The van der Waals surface area contributed by atoms with Gasteiger partial charge in [-0.05, 0) is 0 Å². The van der Waals surface area contributed by atoms with Crippen molar-refractivity contribution in [3.05, 3.63) is 12.7 Å². The molecule has 1 atom stereocenters. The maximum atomic E-state index is 8.56. The zero-order chi connectivity index (χ0) is 7.11. The molecule has 0 bridgehead atoms. The van der Waals surface area contributed by atoms with Gasteiger partial charge >= 0.3 is 0 Å². The van der Waals surface area contributed by atoms with E-state index >= 15 is 0 Å². The van der Waals surface area contributed by atoms with Crippen LogP contribution in [0.1, 0.15) is 0 Å². The Morgan fingerprint density at radius 1 is 1.78 bits per heavy atom. The van der Waals surface area contributed by atoms with Crippen LogP contribution in [0.2, 0.25) is 0 Å². The number of ether oxygens (including phenoxy) is 1. The molecule has 2 nitrogen and oxygen atoms in total. The Hall–Kier alpha value is 0.140. The number of rotatable bonds is 5. The second-order valence-corrected chi connectivity index (χ2v) is 2.23. The first-order valence-corrected chi connectivity index (χ1v) is 3.86. The highest BCUT2D eigenvalue weighted by atomic mass is 79.9. The molecule has 0 amide bonds. The number of hydrogen-bond acceptors (Lipinski definition) is 2. The van der Waals surface area contributed by atoms with Gasteiger partial charge in [0.15, 0.2) is 0 Å². The van der Waals surface area contributed by atoms with Gasteiger partial charge in [0.2, 0.25) is 0 Å². The number of alkyl halides is 1. The Kier molecular flexibility index (Phi) is 6.36. The van der Waals surface area contributed by atoms with Crippen LogP contribution in [0.3, 0.4) is 0 Å². The van der Waals surface area contributed by atoms with Gasteiger partial charge in [0.25, 0.3) is 0 Å². The second kappa shape index (κ2) is 6.26. The van der Waals surface area contributed by atoms with E-state index in [-0.39, 0.29) is 12.7 Å². The summed E-state index contributed by atoms with van der Waals surface area (Å²) in [5, 5.41) is 9.23. The highest BCUT2D eigenvalue weighted by molar-refractivity contribution is 9.09. The topological polar surface area (TPSA) is 29.5 Å². The molecule has 0 fully saturated rings. The van der Waals surface area contributed by atoms with E-state index in [2.05, 4.69) is 22.5 Å². The van der Waals surface area contributed by atoms with Crippen molar-refractivity contribution in [1.29, 1.82) is 0 Å². The summed E-state index contributed by atoms with van der Waals surface area (Å²) in [6, 6.07) is 0. The van der Waals surface area contributed by atoms with Crippen LogP contribution in [0.4, 0.5) is 0 Å². The predicted octanol–water partition coefficient (Wildman–Crippen LogP) is 0.945. The lowest BCUT2D eigenvalue weighted by Gasteiger charge is -2.09. The third kappa shape index (κ3) is 4.63. The van der Waals surface area contributed by atoms with Crippen LogP contribution in [0.15, 0.2) is 12.7 Å². The molecule has 0 aromatic heterocycles. The SMILES string of the molecule is C=CCO[C@H](CO)CBr. The summed E-state index contributed by atoms with van der Waals surface area (Å²) in [5.74, 6) is 0. The predicted molar refractivity (Wildman–Crippen MR) is 40.8 cm³/mol. The molecule has 0 aromatic rings. The summed E-state index contributed by atoms with van der Waals surface area (Å²) in [4.78, 5) is 0. The number of aliphatic hydroxyl groups is 1. The molecule has 0 aliphatic carbocycles. The minimum absolute atomic E-state index is 0.0547. The van der Waals surface area contributed by atoms with E-state index < -0.39 is 0 Å². The average Bonchev–Trinajstić information content (AvgIpc) is 1.91. The summed E-state index contributed by atoms with van der Waals surface area (Å²) >= 11 is 3.19. The van der Waals surface area contributed by atoms with Crippen molar-refractivity contribution < 1.29 is 9.84 Å². The van der Waals surface area contributed by atoms with Gasteiger partial charge < -0.3 is 9.84 Å². The van der Waals surface area contributed by atoms with Gasteiger partial charge in [-0.1, -0.05) is 22.0 Å². The fourth-order valence-corrected chi connectivity index (χ4v) is 0.742. The van der Waals surface area contributed by atoms with Gasteiger partial charge in [-0.25, -0.2) is 0 Å². The number of hydrogen-bond donors (Lipinski definition) is 1. The first-order valence-electron chi connectivity index (χ1n) is 2.74. The summed E-state index contributed by atoms with van der Waals surface area (Å²) in [6.45, 7) is 4.03. The lowest BCUT2D eigenvalue weighted by Crippen LogP contribution is -2.18. The zero-order valence-corrected chi connectivity index (χ0v) is 6.80. The van der Waals surface area contributed by atoms with Crippen LogP contribution in [-0.2, 0) is 4.74 Å². The Balaban J connectivity index is 3.19. The molecule has 0 radical (unpaired) electrons. The summed E-state index contributed by atoms with van der Waals surface area (Å²) < 4.78 is 5.07. The van der Waals surface area contributed by atoms with Crippen LogP contribution in [0.5, 0.6) is 0 Å². The smallest absolute Gasteiger partial charge is 0.0906 e. The molecule has 0 aliphatic rings. The summed E-state index contributed by atoms with van der Waals surface area (Å²) in [5.41, 5.74) is 0. The maximum absolute atomic E-state index is 8.56. The first-order chi connectivity index (χ1) is 4.35. The van der Waals surface area contributed by atoms with Gasteiger partial charge in [-0.3, -0.25) is 0 Å². The fourth-order valence-electron chi connectivity index (χ4n) is 0.350. The van der Waals surface area contributed by atoms with Crippen molar-refractivity contribution in [3.8, 4) is 0 Å². The van der Waals surface area contributed by atoms with Gasteiger partial charge in [-0.2, -0.15) is 0 Å². The highest BCUT2D eigenvalue weighted by Gasteiger charge is 2.01. The van der Waals surface area contributed by atoms with Crippen molar-refractivity contribution in [2.75, 3.05) is 18.5 Å². The standard InChI is InChI=1S/C6H11BrO2/c1-2-3-9-6(4-7)5-8/h2,6,8H,1,3-5H2/t6-/m0/s1. The molecule has 0 saturated heterocycles. The molecule has 0 aromatic carbocycles. The molecule has 0 unspecified atom stereocenters. The molecular weight excluding hydrogens is 184 g/mol. The molecule has 0 aliphatic heterocycles. The van der Waals surface area contributed by atoms with E-state index in [1.807, 2.05) is 0 Å². The third-order valence-corrected chi connectivity index (χ3v) is 1.55. The van der Waals surface area contributed by atoms with Crippen LogP contribution < -0.4 is 0 Å². The first kappa shape index (κ1) is 9.14.